The fourth-order valence-corrected chi connectivity index (χ4v) is 5.42. The van der Waals surface area contributed by atoms with Gasteiger partial charge in [0, 0.05) is 41.2 Å². The van der Waals surface area contributed by atoms with E-state index in [0.29, 0.717) is 0 Å². The van der Waals surface area contributed by atoms with E-state index in [1.165, 1.54) is 5.56 Å². The van der Waals surface area contributed by atoms with Crippen LogP contribution in [0.15, 0.2) is 54.0 Å². The second-order valence-electron chi connectivity index (χ2n) is 8.91. The number of hydrogen-bond acceptors (Lipinski definition) is 6. The molecule has 2 N–H and O–H groups in total. The number of phenols is 1. The van der Waals surface area contributed by atoms with Crippen LogP contribution >= 0.6 is 11.8 Å². The molecule has 2 aliphatic rings. The molecule has 164 valence electrons. The number of hydrogen-bond donors (Lipinski definition) is 2. The number of thioether (sulfide) groups is 1. The molecule has 0 saturated carbocycles. The van der Waals surface area contributed by atoms with Gasteiger partial charge in [-0.15, -0.1) is 6.58 Å². The first kappa shape index (κ1) is 21.6. The Hall–Kier alpha value is -2.60. The third kappa shape index (κ3) is 4.26. The standard InChI is InChI=1S/C25H30N2O3S/c1-6-13-31-23-26-24(3,4)15-25(27-23)14-20(17-7-9-18(29-5)10-8-17)19-11-12-21(28)16(2)22(19)30-25/h6-12,20,28H,1,13-15H2,2-5H3,(H,26,27). The zero-order chi connectivity index (χ0) is 22.2. The van der Waals surface area contributed by atoms with Crippen molar-refractivity contribution in [1.82, 2.24) is 5.32 Å². The lowest BCUT2D eigenvalue weighted by molar-refractivity contribution is 0.0126. The Balaban J connectivity index is 1.83. The summed E-state index contributed by atoms with van der Waals surface area (Å²) in [5, 5.41) is 14.8. The topological polar surface area (TPSA) is 63.1 Å². The van der Waals surface area contributed by atoms with E-state index in [1.54, 1.807) is 24.9 Å². The maximum Gasteiger partial charge on any atom is 0.206 e. The van der Waals surface area contributed by atoms with E-state index in [-0.39, 0.29) is 17.2 Å². The summed E-state index contributed by atoms with van der Waals surface area (Å²) in [6.45, 7) is 10.1. The van der Waals surface area contributed by atoms with Crippen LogP contribution < -0.4 is 14.8 Å². The van der Waals surface area contributed by atoms with Crippen molar-refractivity contribution in [1.29, 1.82) is 0 Å². The summed E-state index contributed by atoms with van der Waals surface area (Å²) < 4.78 is 12.0. The van der Waals surface area contributed by atoms with Gasteiger partial charge < -0.3 is 19.9 Å². The number of methoxy groups -OCH3 is 1. The maximum atomic E-state index is 10.4. The number of ether oxygens (including phenoxy) is 2. The normalized spacial score (nSPS) is 23.9. The van der Waals surface area contributed by atoms with Gasteiger partial charge in [0.15, 0.2) is 5.17 Å². The summed E-state index contributed by atoms with van der Waals surface area (Å²) >= 11 is 1.63. The van der Waals surface area contributed by atoms with E-state index in [1.807, 2.05) is 31.2 Å². The highest BCUT2D eigenvalue weighted by molar-refractivity contribution is 8.13. The van der Waals surface area contributed by atoms with Crippen LogP contribution in [0.25, 0.3) is 0 Å². The van der Waals surface area contributed by atoms with Crippen molar-refractivity contribution in [3.8, 4) is 17.2 Å². The summed E-state index contributed by atoms with van der Waals surface area (Å²) in [7, 11) is 1.67. The number of phenolic OH excluding ortho intramolecular Hbond substituents is 1. The van der Waals surface area contributed by atoms with E-state index in [2.05, 4.69) is 37.9 Å². The summed E-state index contributed by atoms with van der Waals surface area (Å²) in [6.07, 6.45) is 3.32. The molecular formula is C25H30N2O3S. The average Bonchev–Trinajstić information content (AvgIpc) is 2.73. The lowest BCUT2D eigenvalue weighted by atomic mass is 9.77. The van der Waals surface area contributed by atoms with Crippen molar-refractivity contribution in [2.75, 3.05) is 12.9 Å². The second-order valence-corrected chi connectivity index (χ2v) is 9.92. The minimum atomic E-state index is -0.714. The number of fused-ring (bicyclic) bond motifs is 1. The molecule has 2 heterocycles. The van der Waals surface area contributed by atoms with Gasteiger partial charge in [-0.1, -0.05) is 36.0 Å². The van der Waals surface area contributed by atoms with Gasteiger partial charge in [-0.2, -0.15) is 0 Å². The van der Waals surface area contributed by atoms with E-state index >= 15 is 0 Å². The Morgan fingerprint density at radius 2 is 2.03 bits per heavy atom. The Labute approximate surface area is 188 Å². The Morgan fingerprint density at radius 1 is 1.29 bits per heavy atom. The molecule has 0 fully saturated rings. The molecule has 0 radical (unpaired) electrons. The fraction of sp³-hybridized carbons (Fsp3) is 0.400. The van der Waals surface area contributed by atoms with E-state index < -0.39 is 5.72 Å². The molecule has 1 spiro atoms. The molecule has 2 aromatic carbocycles. The number of nitrogens with one attached hydrogen (secondary N) is 1. The van der Waals surface area contributed by atoms with E-state index in [9.17, 15) is 5.11 Å². The second kappa shape index (κ2) is 8.15. The van der Waals surface area contributed by atoms with Gasteiger partial charge in [-0.25, -0.2) is 4.99 Å². The zero-order valence-electron chi connectivity index (χ0n) is 18.6. The lowest BCUT2D eigenvalue weighted by Gasteiger charge is -2.47. The Bertz CT molecular complexity index is 1020. The van der Waals surface area contributed by atoms with Crippen LogP contribution in [0.1, 0.15) is 49.3 Å². The first-order chi connectivity index (χ1) is 14.8. The minimum Gasteiger partial charge on any atom is -0.508 e. The molecule has 0 amide bonds. The molecular weight excluding hydrogens is 408 g/mol. The van der Waals surface area contributed by atoms with Crippen LogP contribution in [0.2, 0.25) is 0 Å². The number of amidine groups is 1. The molecule has 6 heteroatoms. The monoisotopic (exact) mass is 438 g/mol. The Kier molecular flexibility index (Phi) is 5.69. The van der Waals surface area contributed by atoms with Gasteiger partial charge in [-0.05, 0) is 44.5 Å². The molecule has 31 heavy (non-hydrogen) atoms. The van der Waals surface area contributed by atoms with Gasteiger partial charge >= 0.3 is 0 Å². The smallest absolute Gasteiger partial charge is 0.206 e. The molecule has 0 aliphatic carbocycles. The van der Waals surface area contributed by atoms with E-state index in [4.69, 9.17) is 14.5 Å². The fourth-order valence-electron chi connectivity index (χ4n) is 4.57. The minimum absolute atomic E-state index is 0.0947. The van der Waals surface area contributed by atoms with Crippen molar-refractivity contribution in [2.45, 2.75) is 50.8 Å². The zero-order valence-corrected chi connectivity index (χ0v) is 19.4. The van der Waals surface area contributed by atoms with Crippen LogP contribution in [-0.2, 0) is 0 Å². The van der Waals surface area contributed by atoms with Crippen molar-refractivity contribution < 1.29 is 14.6 Å². The molecule has 0 saturated heterocycles. The number of nitrogens with zero attached hydrogens (tertiary/aromatic N) is 1. The third-order valence-corrected chi connectivity index (χ3v) is 6.79. The summed E-state index contributed by atoms with van der Waals surface area (Å²) in [5.74, 6) is 2.68. The predicted molar refractivity (Wildman–Crippen MR) is 128 cm³/mol. The quantitative estimate of drug-likeness (QED) is 0.629. The van der Waals surface area contributed by atoms with E-state index in [0.717, 1.165) is 46.4 Å². The maximum absolute atomic E-state index is 10.4. The highest BCUT2D eigenvalue weighted by atomic mass is 32.2. The highest BCUT2D eigenvalue weighted by Crippen LogP contribution is 2.51. The van der Waals surface area contributed by atoms with Crippen LogP contribution in [0.5, 0.6) is 17.2 Å². The van der Waals surface area contributed by atoms with Gasteiger partial charge in [0.1, 0.15) is 17.2 Å². The molecule has 2 aliphatic heterocycles. The Morgan fingerprint density at radius 3 is 2.71 bits per heavy atom. The van der Waals surface area contributed by atoms with Crippen molar-refractivity contribution in [3.05, 3.63) is 65.7 Å². The summed E-state index contributed by atoms with van der Waals surface area (Å²) in [4.78, 5) is 5.08. The summed E-state index contributed by atoms with van der Waals surface area (Å²) in [5.41, 5.74) is 2.12. The van der Waals surface area contributed by atoms with Crippen molar-refractivity contribution in [3.63, 3.8) is 0 Å². The number of aliphatic imine (C=N–C) groups is 1. The summed E-state index contributed by atoms with van der Waals surface area (Å²) in [6, 6.07) is 11.9. The molecule has 2 aromatic rings. The van der Waals surface area contributed by atoms with Gasteiger partial charge in [0.05, 0.1) is 7.11 Å². The largest absolute Gasteiger partial charge is 0.508 e. The third-order valence-electron chi connectivity index (χ3n) is 5.92. The number of aromatic hydroxyl groups is 1. The average molecular weight is 439 g/mol. The van der Waals surface area contributed by atoms with Crippen LogP contribution in [0, 0.1) is 6.92 Å². The van der Waals surface area contributed by atoms with Crippen LogP contribution in [0.3, 0.4) is 0 Å². The first-order valence-electron chi connectivity index (χ1n) is 10.5. The van der Waals surface area contributed by atoms with Crippen LogP contribution in [0.4, 0.5) is 0 Å². The number of rotatable bonds is 4. The van der Waals surface area contributed by atoms with Crippen LogP contribution in [-0.4, -0.2) is 34.4 Å². The predicted octanol–water partition coefficient (Wildman–Crippen LogP) is 5.37. The lowest BCUT2D eigenvalue weighted by Crippen LogP contribution is -2.57. The highest BCUT2D eigenvalue weighted by Gasteiger charge is 2.48. The molecule has 4 rings (SSSR count). The SMILES string of the molecule is C=CCSC1=NC2(CC(c3ccc(OC)cc3)c3ccc(O)c(C)c3O2)CC(C)(C)N1. The van der Waals surface area contributed by atoms with Crippen molar-refractivity contribution >= 4 is 16.9 Å². The first-order valence-corrected chi connectivity index (χ1v) is 11.5. The molecule has 0 aromatic heterocycles. The van der Waals surface area contributed by atoms with Crippen molar-refractivity contribution in [2.24, 2.45) is 4.99 Å². The van der Waals surface area contributed by atoms with Gasteiger partial charge in [0.25, 0.3) is 0 Å². The van der Waals surface area contributed by atoms with Gasteiger partial charge in [0.2, 0.25) is 5.72 Å². The number of benzene rings is 2. The molecule has 0 bridgehead atoms. The molecule has 2 atom stereocenters. The molecule has 5 nitrogen and oxygen atoms in total. The van der Waals surface area contributed by atoms with Gasteiger partial charge in [-0.3, -0.25) is 0 Å². The molecule has 2 unspecified atom stereocenters.